The molecule has 0 spiro atoms. The second-order valence-corrected chi connectivity index (χ2v) is 6.21. The van der Waals surface area contributed by atoms with Gasteiger partial charge in [-0.2, -0.15) is 0 Å². The molecule has 0 aliphatic carbocycles. The molecule has 2 N–H and O–H groups in total. The standard InChI is InChI=1S/C19H18N6O2/c1-3-4-13(26)16-18(20)24-17(19-21-7-8-27-19)15(23-16)12-5-6-14-22-9-11(2)25(14)10-12/h5-10H,3-4H2,1-2H3,(H2,20,24). The minimum atomic E-state index is -0.136. The number of carbonyl (C=O) groups excluding carboxylic acids is 1. The van der Waals surface area contributed by atoms with Gasteiger partial charge in [-0.25, -0.2) is 19.9 Å². The van der Waals surface area contributed by atoms with Crippen molar-refractivity contribution < 1.29 is 9.21 Å². The van der Waals surface area contributed by atoms with Crippen LogP contribution in [0.1, 0.15) is 35.9 Å². The molecular formula is C19H18N6O2. The molecule has 0 radical (unpaired) electrons. The van der Waals surface area contributed by atoms with Crippen LogP contribution in [0.15, 0.2) is 41.4 Å². The number of nitrogens with two attached hydrogens (primary N) is 1. The van der Waals surface area contributed by atoms with Gasteiger partial charge in [-0.1, -0.05) is 6.92 Å². The second-order valence-electron chi connectivity index (χ2n) is 6.21. The van der Waals surface area contributed by atoms with Crippen LogP contribution < -0.4 is 5.73 Å². The van der Waals surface area contributed by atoms with Gasteiger partial charge in [0.2, 0.25) is 5.89 Å². The van der Waals surface area contributed by atoms with Gasteiger partial charge in [0.1, 0.15) is 23.3 Å². The molecule has 0 fully saturated rings. The number of Topliss-reactive ketones (excluding diaryl/α,β-unsaturated/α-hetero) is 1. The number of carbonyl (C=O) groups is 1. The van der Waals surface area contributed by atoms with Gasteiger partial charge < -0.3 is 14.6 Å². The van der Waals surface area contributed by atoms with Crippen LogP contribution in [-0.2, 0) is 0 Å². The van der Waals surface area contributed by atoms with Crippen LogP contribution in [0.4, 0.5) is 5.82 Å². The number of aryl methyl sites for hydroxylation is 1. The van der Waals surface area contributed by atoms with Gasteiger partial charge in [0.25, 0.3) is 0 Å². The number of anilines is 1. The van der Waals surface area contributed by atoms with Crippen LogP contribution in [0.25, 0.3) is 28.5 Å². The molecule has 4 rings (SSSR count). The van der Waals surface area contributed by atoms with Gasteiger partial charge in [0, 0.05) is 30.1 Å². The molecular weight excluding hydrogens is 344 g/mol. The number of oxazole rings is 1. The van der Waals surface area contributed by atoms with E-state index in [9.17, 15) is 4.79 Å². The number of pyridine rings is 1. The first kappa shape index (κ1) is 16.9. The predicted molar refractivity (Wildman–Crippen MR) is 100 cm³/mol. The number of rotatable bonds is 5. The summed E-state index contributed by atoms with van der Waals surface area (Å²) in [7, 11) is 0. The fourth-order valence-corrected chi connectivity index (χ4v) is 2.93. The van der Waals surface area contributed by atoms with Crippen molar-refractivity contribution in [3.05, 3.63) is 48.4 Å². The third kappa shape index (κ3) is 2.95. The molecule has 0 bridgehead atoms. The van der Waals surface area contributed by atoms with Crippen LogP contribution in [0.5, 0.6) is 0 Å². The first-order valence-corrected chi connectivity index (χ1v) is 8.63. The van der Waals surface area contributed by atoms with E-state index in [2.05, 4.69) is 19.9 Å². The lowest BCUT2D eigenvalue weighted by molar-refractivity contribution is 0.0977. The number of nitrogens with zero attached hydrogens (tertiary/aromatic N) is 5. The summed E-state index contributed by atoms with van der Waals surface area (Å²) < 4.78 is 7.35. The Morgan fingerprint density at radius 2 is 2.07 bits per heavy atom. The van der Waals surface area contributed by atoms with Gasteiger partial charge in [-0.3, -0.25) is 4.79 Å². The van der Waals surface area contributed by atoms with E-state index in [1.807, 2.05) is 36.6 Å². The largest absolute Gasteiger partial charge is 0.443 e. The number of aromatic nitrogens is 5. The number of nitrogen functional groups attached to an aromatic ring is 1. The summed E-state index contributed by atoms with van der Waals surface area (Å²) in [5.74, 6) is 0.231. The van der Waals surface area contributed by atoms with Crippen LogP contribution in [0, 0.1) is 6.92 Å². The second kappa shape index (κ2) is 6.64. The van der Waals surface area contributed by atoms with Gasteiger partial charge in [0.15, 0.2) is 17.3 Å². The van der Waals surface area contributed by atoms with Crippen molar-refractivity contribution in [1.82, 2.24) is 24.3 Å². The normalized spacial score (nSPS) is 11.2. The Balaban J connectivity index is 1.96. The van der Waals surface area contributed by atoms with E-state index in [-0.39, 0.29) is 17.3 Å². The lowest BCUT2D eigenvalue weighted by atomic mass is 10.1. The number of hydrogen-bond acceptors (Lipinski definition) is 7. The Morgan fingerprint density at radius 3 is 2.81 bits per heavy atom. The van der Waals surface area contributed by atoms with Gasteiger partial charge in [-0.05, 0) is 25.5 Å². The third-order valence-corrected chi connectivity index (χ3v) is 4.26. The van der Waals surface area contributed by atoms with Gasteiger partial charge in [-0.15, -0.1) is 0 Å². The highest BCUT2D eigenvalue weighted by Gasteiger charge is 2.22. The van der Waals surface area contributed by atoms with Gasteiger partial charge >= 0.3 is 0 Å². The fraction of sp³-hybridized carbons (Fsp3) is 0.211. The summed E-state index contributed by atoms with van der Waals surface area (Å²) in [5, 5.41) is 0. The van der Waals surface area contributed by atoms with E-state index >= 15 is 0 Å². The summed E-state index contributed by atoms with van der Waals surface area (Å²) >= 11 is 0. The Labute approximate surface area is 155 Å². The summed E-state index contributed by atoms with van der Waals surface area (Å²) in [6, 6.07) is 3.76. The van der Waals surface area contributed by atoms with Crippen molar-refractivity contribution in [2.75, 3.05) is 5.73 Å². The molecule has 0 saturated heterocycles. The maximum atomic E-state index is 12.4. The Bertz CT molecular complexity index is 1130. The highest BCUT2D eigenvalue weighted by molar-refractivity contribution is 5.99. The van der Waals surface area contributed by atoms with Gasteiger partial charge in [0.05, 0.1) is 6.20 Å². The Hall–Kier alpha value is -3.55. The number of imidazole rings is 1. The SMILES string of the molecule is CCCC(=O)c1nc(-c2ccc3ncc(C)n3c2)c(-c2ncco2)nc1N. The Morgan fingerprint density at radius 1 is 1.22 bits per heavy atom. The molecule has 0 aliphatic heterocycles. The topological polar surface area (TPSA) is 112 Å². The lowest BCUT2D eigenvalue weighted by Crippen LogP contribution is -2.11. The summed E-state index contributed by atoms with van der Waals surface area (Å²) in [6.07, 6.45) is 7.73. The molecule has 8 heteroatoms. The molecule has 8 nitrogen and oxygen atoms in total. The number of ketones is 1. The molecule has 0 aromatic carbocycles. The van der Waals surface area contributed by atoms with E-state index in [1.165, 1.54) is 12.5 Å². The van der Waals surface area contributed by atoms with E-state index in [0.717, 1.165) is 16.9 Å². The van der Waals surface area contributed by atoms with Crippen LogP contribution in [0.2, 0.25) is 0 Å². The fourth-order valence-electron chi connectivity index (χ4n) is 2.93. The number of hydrogen-bond donors (Lipinski definition) is 1. The molecule has 0 amide bonds. The zero-order valence-electron chi connectivity index (χ0n) is 15.0. The smallest absolute Gasteiger partial charge is 0.247 e. The highest BCUT2D eigenvalue weighted by Crippen LogP contribution is 2.30. The molecule has 136 valence electrons. The molecule has 0 aliphatic rings. The summed E-state index contributed by atoms with van der Waals surface area (Å²) in [6.45, 7) is 3.89. The summed E-state index contributed by atoms with van der Waals surface area (Å²) in [5.41, 5.74) is 9.63. The van der Waals surface area contributed by atoms with Crippen LogP contribution in [0.3, 0.4) is 0 Å². The monoisotopic (exact) mass is 362 g/mol. The van der Waals surface area contributed by atoms with Crippen LogP contribution in [-0.4, -0.2) is 30.1 Å². The minimum absolute atomic E-state index is 0.0743. The van der Waals surface area contributed by atoms with Crippen molar-refractivity contribution in [1.29, 1.82) is 0 Å². The van der Waals surface area contributed by atoms with E-state index in [0.29, 0.717) is 30.1 Å². The van der Waals surface area contributed by atoms with Crippen molar-refractivity contribution in [2.45, 2.75) is 26.7 Å². The third-order valence-electron chi connectivity index (χ3n) is 4.26. The highest BCUT2D eigenvalue weighted by atomic mass is 16.3. The zero-order valence-corrected chi connectivity index (χ0v) is 15.0. The van der Waals surface area contributed by atoms with Crippen molar-refractivity contribution in [2.24, 2.45) is 0 Å². The zero-order chi connectivity index (χ0) is 19.0. The van der Waals surface area contributed by atoms with Crippen molar-refractivity contribution in [3.8, 4) is 22.8 Å². The quantitative estimate of drug-likeness (QED) is 0.542. The molecule has 0 unspecified atom stereocenters. The average molecular weight is 362 g/mol. The van der Waals surface area contributed by atoms with E-state index in [4.69, 9.17) is 10.2 Å². The van der Waals surface area contributed by atoms with Crippen LogP contribution >= 0.6 is 0 Å². The van der Waals surface area contributed by atoms with Crippen molar-refractivity contribution >= 4 is 17.2 Å². The molecule has 0 saturated carbocycles. The molecule has 4 aromatic heterocycles. The molecule has 4 heterocycles. The lowest BCUT2D eigenvalue weighted by Gasteiger charge is -2.11. The molecule has 4 aromatic rings. The first-order valence-electron chi connectivity index (χ1n) is 8.63. The molecule has 0 atom stereocenters. The average Bonchev–Trinajstić information content (AvgIpc) is 3.32. The maximum absolute atomic E-state index is 12.4. The maximum Gasteiger partial charge on any atom is 0.247 e. The van der Waals surface area contributed by atoms with E-state index in [1.54, 1.807) is 6.20 Å². The predicted octanol–water partition coefficient (Wildman–Crippen LogP) is 3.32. The van der Waals surface area contributed by atoms with E-state index < -0.39 is 0 Å². The summed E-state index contributed by atoms with van der Waals surface area (Å²) in [4.78, 5) is 29.9. The minimum Gasteiger partial charge on any atom is -0.443 e. The number of fused-ring (bicyclic) bond motifs is 1. The Kier molecular flexibility index (Phi) is 4.15. The molecule has 27 heavy (non-hydrogen) atoms. The van der Waals surface area contributed by atoms with Crippen molar-refractivity contribution in [3.63, 3.8) is 0 Å². The first-order chi connectivity index (χ1) is 13.1.